The summed E-state index contributed by atoms with van der Waals surface area (Å²) in [6.45, 7) is 0.669. The fourth-order valence-electron chi connectivity index (χ4n) is 3.22. The van der Waals surface area contributed by atoms with E-state index in [2.05, 4.69) is 15.1 Å². The number of benzene rings is 1. The minimum Gasteiger partial charge on any atom is -0.365 e. The first-order valence-corrected chi connectivity index (χ1v) is 8.63. The average Bonchev–Trinajstić information content (AvgIpc) is 3.10. The molecule has 5 rings (SSSR count). The van der Waals surface area contributed by atoms with E-state index in [0.29, 0.717) is 24.4 Å². The first kappa shape index (κ1) is 15.9. The molecule has 0 unspecified atom stereocenters. The number of nitrogens with zero attached hydrogens (tertiary/aromatic N) is 5. The van der Waals surface area contributed by atoms with Crippen molar-refractivity contribution >= 4 is 16.7 Å². The summed E-state index contributed by atoms with van der Waals surface area (Å²) in [5, 5.41) is 5.18. The average molecular weight is 363 g/mol. The maximum atomic E-state index is 14.4. The van der Waals surface area contributed by atoms with Gasteiger partial charge in [0.05, 0.1) is 18.8 Å². The number of hydrogen-bond acceptors (Lipinski definition) is 4. The Balaban J connectivity index is 1.54. The van der Waals surface area contributed by atoms with E-state index >= 15 is 0 Å². The number of hydrogen-bond donors (Lipinski definition) is 0. The Bertz CT molecular complexity index is 1120. The normalized spacial score (nSPS) is 14.5. The lowest BCUT2D eigenvalue weighted by molar-refractivity contribution is 0.275. The zero-order valence-electron chi connectivity index (χ0n) is 14.3. The third-order valence-electron chi connectivity index (χ3n) is 4.70. The summed E-state index contributed by atoms with van der Waals surface area (Å²) in [5.74, 6) is -0.395. The smallest absolute Gasteiger partial charge is 0.181 e. The molecule has 3 aromatic heterocycles. The Morgan fingerprint density at radius 2 is 1.93 bits per heavy atom. The van der Waals surface area contributed by atoms with Gasteiger partial charge in [-0.05, 0) is 36.4 Å². The van der Waals surface area contributed by atoms with Gasteiger partial charge in [-0.2, -0.15) is 0 Å². The summed E-state index contributed by atoms with van der Waals surface area (Å²) in [6, 6.07) is 12.3. The summed E-state index contributed by atoms with van der Waals surface area (Å²) >= 11 is 0. The zero-order chi connectivity index (χ0) is 18.4. The predicted molar refractivity (Wildman–Crippen MR) is 99.2 cm³/mol. The van der Waals surface area contributed by atoms with Crippen molar-refractivity contribution in [1.29, 1.82) is 0 Å². The van der Waals surface area contributed by atoms with Gasteiger partial charge in [0.2, 0.25) is 0 Å². The van der Waals surface area contributed by atoms with Crippen LogP contribution in [0.5, 0.6) is 0 Å². The Labute approximate surface area is 153 Å². The number of rotatable bonds is 3. The van der Waals surface area contributed by atoms with Crippen molar-refractivity contribution in [3.63, 3.8) is 0 Å². The van der Waals surface area contributed by atoms with Crippen molar-refractivity contribution < 1.29 is 8.78 Å². The molecule has 134 valence electrons. The summed E-state index contributed by atoms with van der Waals surface area (Å²) < 4.78 is 29.0. The third kappa shape index (κ3) is 2.81. The molecule has 1 aliphatic heterocycles. The monoisotopic (exact) mass is 363 g/mol. The van der Waals surface area contributed by atoms with Crippen LogP contribution in [0.25, 0.3) is 28.0 Å². The van der Waals surface area contributed by atoms with Gasteiger partial charge in [0.25, 0.3) is 0 Å². The highest BCUT2D eigenvalue weighted by Gasteiger charge is 2.27. The highest BCUT2D eigenvalue weighted by molar-refractivity contribution is 5.80. The molecule has 27 heavy (non-hydrogen) atoms. The van der Waals surface area contributed by atoms with Crippen LogP contribution in [-0.4, -0.2) is 39.0 Å². The summed E-state index contributed by atoms with van der Waals surface area (Å²) in [6.07, 6.45) is 4.35. The van der Waals surface area contributed by atoms with E-state index in [4.69, 9.17) is 0 Å². The van der Waals surface area contributed by atoms with Crippen molar-refractivity contribution in [3.8, 4) is 16.9 Å². The molecule has 0 atom stereocenters. The Morgan fingerprint density at radius 1 is 1.04 bits per heavy atom. The van der Waals surface area contributed by atoms with E-state index in [-0.39, 0.29) is 0 Å². The van der Waals surface area contributed by atoms with Crippen LogP contribution in [0.2, 0.25) is 0 Å². The van der Waals surface area contributed by atoms with E-state index in [9.17, 15) is 8.78 Å². The lowest BCUT2D eigenvalue weighted by Gasteiger charge is -2.36. The van der Waals surface area contributed by atoms with Crippen LogP contribution in [0, 0.1) is 5.82 Å². The first-order valence-electron chi connectivity index (χ1n) is 8.63. The van der Waals surface area contributed by atoms with E-state index < -0.39 is 12.0 Å². The number of fused-ring (bicyclic) bond motifs is 1. The minimum absolute atomic E-state index is 0.312. The van der Waals surface area contributed by atoms with Gasteiger partial charge in [0, 0.05) is 35.2 Å². The molecule has 0 aliphatic carbocycles. The fraction of sp³-hybridized carbons (Fsp3) is 0.150. The van der Waals surface area contributed by atoms with Gasteiger partial charge in [0.15, 0.2) is 5.65 Å². The Morgan fingerprint density at radius 3 is 2.70 bits per heavy atom. The van der Waals surface area contributed by atoms with Crippen molar-refractivity contribution in [1.82, 2.24) is 19.7 Å². The maximum absolute atomic E-state index is 14.4. The van der Waals surface area contributed by atoms with Crippen LogP contribution in [0.4, 0.5) is 14.5 Å². The molecule has 1 saturated heterocycles. The van der Waals surface area contributed by atoms with Gasteiger partial charge in [-0.1, -0.05) is 6.07 Å². The second-order valence-corrected chi connectivity index (χ2v) is 6.56. The van der Waals surface area contributed by atoms with Crippen LogP contribution in [0.15, 0.2) is 61.1 Å². The molecule has 4 aromatic rings. The molecule has 0 N–H and O–H groups in total. The van der Waals surface area contributed by atoms with Crippen molar-refractivity contribution in [2.45, 2.75) is 6.17 Å². The van der Waals surface area contributed by atoms with Gasteiger partial charge >= 0.3 is 0 Å². The number of aromatic nitrogens is 4. The topological polar surface area (TPSA) is 46.8 Å². The van der Waals surface area contributed by atoms with Crippen LogP contribution in [0.3, 0.4) is 0 Å². The molecule has 0 spiro atoms. The number of pyridine rings is 2. The molecular formula is C20H15F2N5. The first-order chi connectivity index (χ1) is 13.2. The lowest BCUT2D eigenvalue weighted by atomic mass is 10.1. The van der Waals surface area contributed by atoms with Gasteiger partial charge in [-0.25, -0.2) is 18.4 Å². The van der Waals surface area contributed by atoms with Crippen molar-refractivity contribution in [2.24, 2.45) is 0 Å². The highest BCUT2D eigenvalue weighted by Crippen LogP contribution is 2.27. The molecule has 1 aliphatic rings. The molecular weight excluding hydrogens is 348 g/mol. The number of anilines is 1. The van der Waals surface area contributed by atoms with Crippen LogP contribution < -0.4 is 4.90 Å². The van der Waals surface area contributed by atoms with Crippen LogP contribution in [0.1, 0.15) is 0 Å². The molecule has 4 heterocycles. The predicted octanol–water partition coefficient (Wildman–Crippen LogP) is 3.78. The van der Waals surface area contributed by atoms with Gasteiger partial charge in [-0.15, -0.1) is 5.10 Å². The SMILES string of the molecule is Fc1ccc(N2CC(F)C2)cc1-n1cc2cc(-c3ccccn3)cnc2n1. The summed E-state index contributed by atoms with van der Waals surface area (Å²) in [7, 11) is 0. The molecule has 0 amide bonds. The van der Waals surface area contributed by atoms with Gasteiger partial charge in [0.1, 0.15) is 17.7 Å². The second kappa shape index (κ2) is 6.12. The lowest BCUT2D eigenvalue weighted by Crippen LogP contribution is -2.48. The highest BCUT2D eigenvalue weighted by atomic mass is 19.1. The quantitative estimate of drug-likeness (QED) is 0.556. The molecule has 1 fully saturated rings. The summed E-state index contributed by atoms with van der Waals surface area (Å²) in [5.41, 5.74) is 3.29. The van der Waals surface area contributed by atoms with E-state index in [1.54, 1.807) is 30.7 Å². The van der Waals surface area contributed by atoms with E-state index in [1.807, 2.05) is 29.2 Å². The molecule has 5 nitrogen and oxygen atoms in total. The van der Waals surface area contributed by atoms with Gasteiger partial charge < -0.3 is 4.90 Å². The maximum Gasteiger partial charge on any atom is 0.181 e. The second-order valence-electron chi connectivity index (χ2n) is 6.56. The van der Waals surface area contributed by atoms with Crippen LogP contribution in [-0.2, 0) is 0 Å². The van der Waals surface area contributed by atoms with Gasteiger partial charge in [-0.3, -0.25) is 4.98 Å². The van der Waals surface area contributed by atoms with Crippen molar-refractivity contribution in [3.05, 3.63) is 66.9 Å². The number of alkyl halides is 1. The van der Waals surface area contributed by atoms with Crippen molar-refractivity contribution in [2.75, 3.05) is 18.0 Å². The standard InChI is InChI=1S/C20H15F2N5/c21-15-11-26(12-15)16-4-5-17(22)19(8-16)27-10-14-7-13(9-24-20(14)25-27)18-3-1-2-6-23-18/h1-10,15H,11-12H2. The zero-order valence-corrected chi connectivity index (χ0v) is 14.3. The minimum atomic E-state index is -0.819. The molecule has 7 heteroatoms. The van der Waals surface area contributed by atoms with E-state index in [0.717, 1.165) is 22.3 Å². The molecule has 0 radical (unpaired) electrons. The largest absolute Gasteiger partial charge is 0.365 e. The Hall–Kier alpha value is -3.35. The van der Waals surface area contributed by atoms with Crippen LogP contribution >= 0.6 is 0 Å². The fourth-order valence-corrected chi connectivity index (χ4v) is 3.22. The molecule has 0 bridgehead atoms. The molecule has 1 aromatic carbocycles. The van der Waals surface area contributed by atoms with E-state index in [1.165, 1.54) is 10.7 Å². The summed E-state index contributed by atoms with van der Waals surface area (Å²) in [4.78, 5) is 10.6. The third-order valence-corrected chi connectivity index (χ3v) is 4.70. The Kier molecular flexibility index (Phi) is 3.60. The molecule has 0 saturated carbocycles. The number of halogens is 2.